The molecule has 0 saturated carbocycles. The Bertz CT molecular complexity index is 337. The Kier molecular flexibility index (Phi) is 5.41. The maximum absolute atomic E-state index is 12.4. The van der Waals surface area contributed by atoms with Crippen molar-refractivity contribution in [2.75, 3.05) is 52.9 Å². The van der Waals surface area contributed by atoms with Crippen LogP contribution in [0.1, 0.15) is 32.6 Å². The highest BCUT2D eigenvalue weighted by Crippen LogP contribution is 2.24. The van der Waals surface area contributed by atoms with E-state index in [0.717, 1.165) is 58.4 Å². The fraction of sp³-hybridized carbons (Fsp3) is 0.933. The Balaban J connectivity index is 1.84. The second kappa shape index (κ2) is 6.87. The monoisotopic (exact) mass is 283 g/mol. The average molecular weight is 283 g/mol. The molecule has 2 saturated heterocycles. The lowest BCUT2D eigenvalue weighted by molar-refractivity contribution is -0.139. The van der Waals surface area contributed by atoms with Gasteiger partial charge in [0.1, 0.15) is 0 Å². The maximum Gasteiger partial charge on any atom is 0.236 e. The Morgan fingerprint density at radius 2 is 1.95 bits per heavy atom. The summed E-state index contributed by atoms with van der Waals surface area (Å²) in [6.45, 7) is 7.93. The van der Waals surface area contributed by atoms with Gasteiger partial charge in [-0.2, -0.15) is 0 Å². The normalized spacial score (nSPS) is 30.2. The van der Waals surface area contributed by atoms with Gasteiger partial charge in [-0.05, 0) is 45.8 Å². The van der Waals surface area contributed by atoms with E-state index in [1.54, 1.807) is 0 Å². The molecule has 0 aromatic heterocycles. The van der Waals surface area contributed by atoms with Crippen LogP contribution in [-0.2, 0) is 4.79 Å². The van der Waals surface area contributed by atoms with Gasteiger partial charge in [-0.25, -0.2) is 0 Å². The van der Waals surface area contributed by atoms with Gasteiger partial charge in [0.25, 0.3) is 0 Å². The Morgan fingerprint density at radius 1 is 1.15 bits per heavy atom. The molecule has 2 heterocycles. The number of carbonyl (C=O) groups is 1. The molecule has 1 amide bonds. The smallest absolute Gasteiger partial charge is 0.236 e. The summed E-state index contributed by atoms with van der Waals surface area (Å²) in [5.74, 6) is 0.182. The van der Waals surface area contributed by atoms with Crippen molar-refractivity contribution < 1.29 is 9.90 Å². The summed E-state index contributed by atoms with van der Waals surface area (Å²) < 4.78 is 0. The van der Waals surface area contributed by atoms with Crippen molar-refractivity contribution in [1.82, 2.24) is 14.7 Å². The lowest BCUT2D eigenvalue weighted by Crippen LogP contribution is -2.52. The second-order valence-electron chi connectivity index (χ2n) is 6.43. The lowest BCUT2D eigenvalue weighted by Gasteiger charge is -2.39. The minimum Gasteiger partial charge on any atom is -0.388 e. The molecule has 0 aromatic carbocycles. The van der Waals surface area contributed by atoms with Crippen LogP contribution in [0, 0.1) is 0 Å². The van der Waals surface area contributed by atoms with Crippen LogP contribution in [0.15, 0.2) is 0 Å². The Hall–Kier alpha value is -0.650. The van der Waals surface area contributed by atoms with E-state index < -0.39 is 5.60 Å². The summed E-state index contributed by atoms with van der Waals surface area (Å²) >= 11 is 0. The van der Waals surface area contributed by atoms with Crippen LogP contribution < -0.4 is 0 Å². The first-order valence-electron chi connectivity index (χ1n) is 7.93. The fourth-order valence-corrected chi connectivity index (χ4v) is 3.16. The molecule has 116 valence electrons. The number of rotatable bonds is 3. The number of hydrogen-bond acceptors (Lipinski definition) is 4. The van der Waals surface area contributed by atoms with E-state index in [0.29, 0.717) is 13.1 Å². The molecule has 2 fully saturated rings. The highest BCUT2D eigenvalue weighted by molar-refractivity contribution is 5.78. The molecule has 0 spiro atoms. The van der Waals surface area contributed by atoms with Crippen molar-refractivity contribution >= 4 is 5.91 Å². The third-order valence-corrected chi connectivity index (χ3v) is 4.74. The molecule has 2 aliphatic heterocycles. The van der Waals surface area contributed by atoms with Gasteiger partial charge in [-0.1, -0.05) is 6.92 Å². The number of carbonyl (C=O) groups excluding carboxylic acids is 1. The molecule has 1 atom stereocenters. The molecule has 5 nitrogen and oxygen atoms in total. The third-order valence-electron chi connectivity index (χ3n) is 4.74. The molecule has 0 aliphatic carbocycles. The summed E-state index contributed by atoms with van der Waals surface area (Å²) in [6, 6.07) is 0. The van der Waals surface area contributed by atoms with E-state index in [9.17, 15) is 9.90 Å². The predicted molar refractivity (Wildman–Crippen MR) is 79.6 cm³/mol. The zero-order chi connectivity index (χ0) is 14.6. The molecule has 20 heavy (non-hydrogen) atoms. The largest absolute Gasteiger partial charge is 0.388 e. The predicted octanol–water partition coefficient (Wildman–Crippen LogP) is 0.387. The maximum atomic E-state index is 12.4. The molecule has 0 aromatic rings. The summed E-state index contributed by atoms with van der Waals surface area (Å²) in [7, 11) is 2.14. The number of likely N-dealkylation sites (N-methyl/N-ethyl adjacent to an activating group) is 1. The molecule has 2 rings (SSSR count). The Labute approximate surface area is 122 Å². The average Bonchev–Trinajstić information content (AvgIpc) is 2.64. The van der Waals surface area contributed by atoms with Crippen LogP contribution in [0.25, 0.3) is 0 Å². The highest BCUT2D eigenvalue weighted by Gasteiger charge is 2.33. The van der Waals surface area contributed by atoms with Gasteiger partial charge < -0.3 is 14.9 Å². The molecule has 0 bridgehead atoms. The summed E-state index contributed by atoms with van der Waals surface area (Å²) in [5, 5.41) is 10.4. The first-order chi connectivity index (χ1) is 9.52. The standard InChI is InChI=1S/C15H29N3O2/c1-3-15(20)6-4-9-18(13-15)14(19)12-17-8-5-7-16(2)10-11-17/h20H,3-13H2,1-2H3/t15-/m0/s1. The fourth-order valence-electron chi connectivity index (χ4n) is 3.16. The molecule has 5 heteroatoms. The third kappa shape index (κ3) is 4.17. The van der Waals surface area contributed by atoms with Gasteiger partial charge >= 0.3 is 0 Å². The van der Waals surface area contributed by atoms with Gasteiger partial charge in [0.15, 0.2) is 0 Å². The van der Waals surface area contributed by atoms with E-state index in [1.165, 1.54) is 0 Å². The molecular weight excluding hydrogens is 254 g/mol. The van der Waals surface area contributed by atoms with Crippen molar-refractivity contribution in [2.24, 2.45) is 0 Å². The van der Waals surface area contributed by atoms with Crippen molar-refractivity contribution in [2.45, 2.75) is 38.2 Å². The molecule has 1 N–H and O–H groups in total. The van der Waals surface area contributed by atoms with Crippen molar-refractivity contribution in [3.05, 3.63) is 0 Å². The quantitative estimate of drug-likeness (QED) is 0.814. The zero-order valence-electron chi connectivity index (χ0n) is 13.0. The van der Waals surface area contributed by atoms with Crippen molar-refractivity contribution in [3.8, 4) is 0 Å². The van der Waals surface area contributed by atoms with Gasteiger partial charge in [-0.15, -0.1) is 0 Å². The SMILES string of the molecule is CC[C@]1(O)CCCN(C(=O)CN2CCCN(C)CC2)C1. The minimum absolute atomic E-state index is 0.182. The van der Waals surface area contributed by atoms with Crippen LogP contribution in [0.3, 0.4) is 0 Å². The summed E-state index contributed by atoms with van der Waals surface area (Å²) in [5.41, 5.74) is -0.660. The summed E-state index contributed by atoms with van der Waals surface area (Å²) in [4.78, 5) is 18.9. The van der Waals surface area contributed by atoms with Gasteiger partial charge in [-0.3, -0.25) is 9.69 Å². The first-order valence-corrected chi connectivity index (χ1v) is 7.93. The van der Waals surface area contributed by atoms with E-state index in [1.807, 2.05) is 11.8 Å². The highest BCUT2D eigenvalue weighted by atomic mass is 16.3. The second-order valence-corrected chi connectivity index (χ2v) is 6.43. The van der Waals surface area contributed by atoms with Gasteiger partial charge in [0.2, 0.25) is 5.91 Å². The van der Waals surface area contributed by atoms with Crippen molar-refractivity contribution in [1.29, 1.82) is 0 Å². The first kappa shape index (κ1) is 15.7. The number of nitrogens with zero attached hydrogens (tertiary/aromatic N) is 3. The Morgan fingerprint density at radius 3 is 2.70 bits per heavy atom. The lowest BCUT2D eigenvalue weighted by atomic mass is 9.90. The summed E-state index contributed by atoms with van der Waals surface area (Å²) in [6.07, 6.45) is 3.59. The minimum atomic E-state index is -0.660. The van der Waals surface area contributed by atoms with Crippen LogP contribution >= 0.6 is 0 Å². The van der Waals surface area contributed by atoms with E-state index in [-0.39, 0.29) is 5.91 Å². The van der Waals surface area contributed by atoms with Gasteiger partial charge in [0, 0.05) is 26.2 Å². The van der Waals surface area contributed by atoms with Crippen LogP contribution in [0.5, 0.6) is 0 Å². The van der Waals surface area contributed by atoms with E-state index in [2.05, 4.69) is 16.8 Å². The topological polar surface area (TPSA) is 47.0 Å². The number of amides is 1. The molecule has 0 unspecified atom stereocenters. The number of β-amino-alcohol motifs (C(OH)–C–C–N with tert-alkyl or cyclic N) is 1. The number of hydrogen-bond donors (Lipinski definition) is 1. The van der Waals surface area contributed by atoms with E-state index >= 15 is 0 Å². The number of piperidine rings is 1. The molecular formula is C15H29N3O2. The van der Waals surface area contributed by atoms with Gasteiger partial charge in [0.05, 0.1) is 12.1 Å². The zero-order valence-corrected chi connectivity index (χ0v) is 13.0. The van der Waals surface area contributed by atoms with Crippen LogP contribution in [-0.4, -0.2) is 84.2 Å². The van der Waals surface area contributed by atoms with Crippen molar-refractivity contribution in [3.63, 3.8) is 0 Å². The van der Waals surface area contributed by atoms with E-state index in [4.69, 9.17) is 0 Å². The molecule has 0 radical (unpaired) electrons. The van der Waals surface area contributed by atoms with Crippen LogP contribution in [0.2, 0.25) is 0 Å². The van der Waals surface area contributed by atoms with Crippen LogP contribution in [0.4, 0.5) is 0 Å². The molecule has 2 aliphatic rings. The number of likely N-dealkylation sites (tertiary alicyclic amines) is 1. The number of aliphatic hydroxyl groups is 1.